The van der Waals surface area contributed by atoms with Gasteiger partial charge in [0.15, 0.2) is 0 Å². The average Bonchev–Trinajstić information content (AvgIpc) is 2.31. The van der Waals surface area contributed by atoms with E-state index < -0.39 is 0 Å². The first kappa shape index (κ1) is 14.4. The molecule has 0 radical (unpaired) electrons. The molecule has 1 aromatic carbocycles. The number of amides is 2. The molecular formula is C14H22N2O2. The first-order chi connectivity index (χ1) is 8.43. The van der Waals surface area contributed by atoms with Crippen molar-refractivity contribution in [1.82, 2.24) is 5.32 Å². The molecule has 1 unspecified atom stereocenters. The number of hydrogen-bond donors (Lipinski definition) is 2. The Morgan fingerprint density at radius 3 is 2.50 bits per heavy atom. The summed E-state index contributed by atoms with van der Waals surface area (Å²) in [5, 5.41) is 5.69. The zero-order valence-electron chi connectivity index (χ0n) is 11.7. The number of carbonyl (C=O) groups excluding carboxylic acids is 1. The van der Waals surface area contributed by atoms with Gasteiger partial charge in [0, 0.05) is 6.04 Å². The van der Waals surface area contributed by atoms with Gasteiger partial charge < -0.3 is 15.4 Å². The molecular weight excluding hydrogens is 228 g/mol. The second-order valence-electron chi connectivity index (χ2n) is 4.83. The SMILES string of the molecule is COc1cc(C)ccc1NC(=O)NC(C)C(C)C. The molecule has 100 valence electrons. The van der Waals surface area contributed by atoms with Crippen LogP contribution in [0, 0.1) is 12.8 Å². The summed E-state index contributed by atoms with van der Waals surface area (Å²) in [6.07, 6.45) is 0. The highest BCUT2D eigenvalue weighted by atomic mass is 16.5. The standard InChI is InChI=1S/C14H22N2O2/c1-9(2)11(4)15-14(17)16-12-7-6-10(3)8-13(12)18-5/h6-9,11H,1-5H3,(H2,15,16,17). The quantitative estimate of drug-likeness (QED) is 0.862. The fourth-order valence-electron chi connectivity index (χ4n) is 1.43. The minimum absolute atomic E-state index is 0.126. The number of aryl methyl sites for hydroxylation is 1. The third-order valence-corrected chi connectivity index (χ3v) is 2.96. The fourth-order valence-corrected chi connectivity index (χ4v) is 1.43. The van der Waals surface area contributed by atoms with Crippen LogP contribution in [0.1, 0.15) is 26.3 Å². The number of benzene rings is 1. The van der Waals surface area contributed by atoms with E-state index in [2.05, 4.69) is 24.5 Å². The molecule has 0 saturated carbocycles. The van der Waals surface area contributed by atoms with Crippen LogP contribution in [0.15, 0.2) is 18.2 Å². The van der Waals surface area contributed by atoms with E-state index in [0.29, 0.717) is 17.4 Å². The van der Waals surface area contributed by atoms with Crippen LogP contribution in [-0.2, 0) is 0 Å². The first-order valence-corrected chi connectivity index (χ1v) is 6.16. The van der Waals surface area contributed by atoms with Gasteiger partial charge in [-0.25, -0.2) is 4.79 Å². The summed E-state index contributed by atoms with van der Waals surface area (Å²) >= 11 is 0. The summed E-state index contributed by atoms with van der Waals surface area (Å²) in [5.41, 5.74) is 1.77. The molecule has 1 atom stereocenters. The number of hydrogen-bond acceptors (Lipinski definition) is 2. The lowest BCUT2D eigenvalue weighted by molar-refractivity contribution is 0.246. The molecule has 0 aliphatic heterocycles. The minimum atomic E-state index is -0.210. The van der Waals surface area contributed by atoms with E-state index in [9.17, 15) is 4.79 Å². The maximum atomic E-state index is 11.8. The van der Waals surface area contributed by atoms with Gasteiger partial charge in [0.25, 0.3) is 0 Å². The molecule has 0 spiro atoms. The smallest absolute Gasteiger partial charge is 0.319 e. The molecule has 0 aliphatic carbocycles. The Kier molecular flexibility index (Phi) is 5.01. The number of ether oxygens (including phenoxy) is 1. The maximum absolute atomic E-state index is 11.8. The van der Waals surface area contributed by atoms with Crippen LogP contribution in [-0.4, -0.2) is 19.2 Å². The van der Waals surface area contributed by atoms with Crippen molar-refractivity contribution in [3.8, 4) is 5.75 Å². The zero-order valence-corrected chi connectivity index (χ0v) is 11.7. The van der Waals surface area contributed by atoms with Crippen LogP contribution < -0.4 is 15.4 Å². The van der Waals surface area contributed by atoms with Crippen LogP contribution in [0.3, 0.4) is 0 Å². The van der Waals surface area contributed by atoms with Gasteiger partial charge in [-0.15, -0.1) is 0 Å². The molecule has 4 nitrogen and oxygen atoms in total. The molecule has 0 aliphatic rings. The van der Waals surface area contributed by atoms with Crippen molar-refractivity contribution in [3.05, 3.63) is 23.8 Å². The van der Waals surface area contributed by atoms with Crippen LogP contribution in [0.4, 0.5) is 10.5 Å². The summed E-state index contributed by atoms with van der Waals surface area (Å²) in [7, 11) is 1.59. The summed E-state index contributed by atoms with van der Waals surface area (Å²) in [4.78, 5) is 11.8. The summed E-state index contributed by atoms with van der Waals surface area (Å²) < 4.78 is 5.24. The van der Waals surface area contributed by atoms with E-state index in [1.54, 1.807) is 7.11 Å². The molecule has 0 saturated heterocycles. The molecule has 0 fully saturated rings. The fraction of sp³-hybridized carbons (Fsp3) is 0.500. The summed E-state index contributed by atoms with van der Waals surface area (Å²) in [5.74, 6) is 1.07. The van der Waals surface area contributed by atoms with Crippen molar-refractivity contribution >= 4 is 11.7 Å². The first-order valence-electron chi connectivity index (χ1n) is 6.16. The number of nitrogens with one attached hydrogen (secondary N) is 2. The largest absolute Gasteiger partial charge is 0.495 e. The normalized spacial score (nSPS) is 12.1. The zero-order chi connectivity index (χ0) is 13.7. The van der Waals surface area contributed by atoms with E-state index in [0.717, 1.165) is 5.56 Å². The molecule has 4 heteroatoms. The topological polar surface area (TPSA) is 50.4 Å². The van der Waals surface area contributed by atoms with Gasteiger partial charge in [0.2, 0.25) is 0 Å². The highest BCUT2D eigenvalue weighted by Crippen LogP contribution is 2.25. The second kappa shape index (κ2) is 6.28. The van der Waals surface area contributed by atoms with E-state index in [1.165, 1.54) is 0 Å². The van der Waals surface area contributed by atoms with Gasteiger partial charge >= 0.3 is 6.03 Å². The highest BCUT2D eigenvalue weighted by Gasteiger charge is 2.12. The van der Waals surface area contributed by atoms with Gasteiger partial charge in [-0.05, 0) is 37.5 Å². The monoisotopic (exact) mass is 250 g/mol. The predicted molar refractivity (Wildman–Crippen MR) is 74.2 cm³/mol. The Morgan fingerprint density at radius 1 is 1.28 bits per heavy atom. The number of methoxy groups -OCH3 is 1. The lowest BCUT2D eigenvalue weighted by Crippen LogP contribution is -2.39. The maximum Gasteiger partial charge on any atom is 0.319 e. The molecule has 1 aromatic rings. The lowest BCUT2D eigenvalue weighted by Gasteiger charge is -2.18. The van der Waals surface area contributed by atoms with Gasteiger partial charge in [-0.1, -0.05) is 19.9 Å². The molecule has 2 amide bonds. The van der Waals surface area contributed by atoms with E-state index in [4.69, 9.17) is 4.74 Å². The average molecular weight is 250 g/mol. The third kappa shape index (κ3) is 3.95. The number of rotatable bonds is 4. The Bertz CT molecular complexity index is 416. The van der Waals surface area contributed by atoms with Crippen LogP contribution >= 0.6 is 0 Å². The molecule has 0 aromatic heterocycles. The van der Waals surface area contributed by atoms with Crippen LogP contribution in [0.2, 0.25) is 0 Å². The Hall–Kier alpha value is -1.71. The molecule has 1 rings (SSSR count). The van der Waals surface area contributed by atoms with Crippen molar-refractivity contribution in [3.63, 3.8) is 0 Å². The Labute approximate surface area is 109 Å². The van der Waals surface area contributed by atoms with Crippen molar-refractivity contribution in [1.29, 1.82) is 0 Å². The van der Waals surface area contributed by atoms with Crippen molar-refractivity contribution in [2.45, 2.75) is 33.7 Å². The summed E-state index contributed by atoms with van der Waals surface area (Å²) in [6.45, 7) is 8.10. The van der Waals surface area contributed by atoms with Gasteiger partial charge in [-0.2, -0.15) is 0 Å². The predicted octanol–water partition coefficient (Wildman–Crippen LogP) is 3.17. The minimum Gasteiger partial charge on any atom is -0.495 e. The van der Waals surface area contributed by atoms with Crippen molar-refractivity contribution < 1.29 is 9.53 Å². The van der Waals surface area contributed by atoms with E-state index in [1.807, 2.05) is 32.0 Å². The third-order valence-electron chi connectivity index (χ3n) is 2.96. The number of urea groups is 1. The van der Waals surface area contributed by atoms with Gasteiger partial charge in [0.05, 0.1) is 12.8 Å². The molecule has 0 heterocycles. The number of anilines is 1. The molecule has 0 bridgehead atoms. The van der Waals surface area contributed by atoms with Gasteiger partial charge in [0.1, 0.15) is 5.75 Å². The molecule has 2 N–H and O–H groups in total. The van der Waals surface area contributed by atoms with E-state index in [-0.39, 0.29) is 12.1 Å². The van der Waals surface area contributed by atoms with Crippen molar-refractivity contribution in [2.24, 2.45) is 5.92 Å². The van der Waals surface area contributed by atoms with Crippen molar-refractivity contribution in [2.75, 3.05) is 12.4 Å². The molecule has 18 heavy (non-hydrogen) atoms. The van der Waals surface area contributed by atoms with E-state index >= 15 is 0 Å². The van der Waals surface area contributed by atoms with Crippen LogP contribution in [0.25, 0.3) is 0 Å². The number of carbonyl (C=O) groups is 1. The Balaban J connectivity index is 2.70. The second-order valence-corrected chi connectivity index (χ2v) is 4.83. The lowest BCUT2D eigenvalue weighted by atomic mass is 10.1. The Morgan fingerprint density at radius 2 is 1.94 bits per heavy atom. The van der Waals surface area contributed by atoms with Crippen LogP contribution in [0.5, 0.6) is 5.75 Å². The summed E-state index contributed by atoms with van der Waals surface area (Å²) in [6, 6.07) is 5.58. The highest BCUT2D eigenvalue weighted by molar-refractivity contribution is 5.91. The van der Waals surface area contributed by atoms with Gasteiger partial charge in [-0.3, -0.25) is 0 Å².